The van der Waals surface area contributed by atoms with Crippen molar-refractivity contribution < 1.29 is 4.89 Å². The van der Waals surface area contributed by atoms with E-state index in [2.05, 4.69) is 48.5 Å². The molecular weight excluding hydrogens is 533 g/mol. The number of rotatable bonds is 5. The second-order valence-electron chi connectivity index (χ2n) is 10.5. The zero-order valence-corrected chi connectivity index (χ0v) is 23.8. The summed E-state index contributed by atoms with van der Waals surface area (Å²) < 4.78 is 0. The molecular formula is C37H28N3OP. The maximum absolute atomic E-state index is 12.3. The van der Waals surface area contributed by atoms with Gasteiger partial charge in [0.05, 0.1) is 5.71 Å². The van der Waals surface area contributed by atoms with Crippen molar-refractivity contribution in [2.45, 2.75) is 0 Å². The van der Waals surface area contributed by atoms with Crippen LogP contribution in [0.3, 0.4) is 0 Å². The average Bonchev–Trinajstić information content (AvgIpc) is 3.06. The Hall–Kier alpha value is -5.02. The predicted octanol–water partition coefficient (Wildman–Crippen LogP) is 6.92. The second-order valence-corrected chi connectivity index (χ2v) is 13.6. The Balaban J connectivity index is 1.26. The molecule has 0 aliphatic heterocycles. The smallest absolute Gasteiger partial charge is 0.298 e. The Morgan fingerprint density at radius 2 is 1.02 bits per heavy atom. The van der Waals surface area contributed by atoms with E-state index < -0.39 is 7.49 Å². The summed E-state index contributed by atoms with van der Waals surface area (Å²) in [5.41, 5.74) is 6.76. The first-order valence-corrected chi connectivity index (χ1v) is 15.8. The third-order valence-electron chi connectivity index (χ3n) is 8.04. The molecule has 202 valence electrons. The number of hydrogen-bond acceptors (Lipinski definition) is 4. The fourth-order valence-electron chi connectivity index (χ4n) is 5.85. The topological polar surface area (TPSA) is 80.8 Å². The van der Waals surface area contributed by atoms with Crippen molar-refractivity contribution >= 4 is 51.8 Å². The first kappa shape index (κ1) is 25.9. The van der Waals surface area contributed by atoms with Gasteiger partial charge in [0.1, 0.15) is 0 Å². The molecule has 1 heterocycles. The van der Waals surface area contributed by atoms with Crippen LogP contribution >= 0.6 is 7.49 Å². The average molecular weight is 562 g/mol. The van der Waals surface area contributed by atoms with Crippen molar-refractivity contribution in [2.24, 2.45) is 0 Å². The molecule has 1 aromatic heterocycles. The number of nitrogens with zero attached hydrogens (tertiary/aromatic N) is 1. The zero-order valence-electron chi connectivity index (χ0n) is 22.8. The summed E-state index contributed by atoms with van der Waals surface area (Å²) in [7, 11) is -3.15. The third kappa shape index (κ3) is 4.29. The minimum atomic E-state index is -3.15. The standard InChI is InChI=1S/C37H28N3OP/c38-33-24-23-32-35(36(33)39)31-13-7-8-14-34(31)40-37(32)27-17-15-25(16-18-27)26-19-21-30(22-20-26)42(41,28-9-3-1-4-10-28)29-11-5-2-6-12-29/h1-24,38-39,41-42H. The Kier molecular flexibility index (Phi) is 6.43. The number of pyridine rings is 1. The van der Waals surface area contributed by atoms with E-state index in [4.69, 9.17) is 15.8 Å². The fraction of sp³-hybridized carbons (Fsp3) is 0. The Morgan fingerprint density at radius 1 is 0.524 bits per heavy atom. The summed E-state index contributed by atoms with van der Waals surface area (Å²) in [6.45, 7) is 0. The van der Waals surface area contributed by atoms with Gasteiger partial charge in [-0.15, -0.1) is 0 Å². The number of aromatic nitrogens is 1. The van der Waals surface area contributed by atoms with Gasteiger partial charge >= 0.3 is 211 Å². The van der Waals surface area contributed by atoms with Crippen molar-refractivity contribution in [1.82, 2.24) is 4.98 Å². The van der Waals surface area contributed by atoms with Gasteiger partial charge in [-0.3, -0.25) is 10.8 Å². The summed E-state index contributed by atoms with van der Waals surface area (Å²) >= 11 is 0. The number of allylic oxidation sites excluding steroid dienone is 1. The van der Waals surface area contributed by atoms with E-state index in [0.717, 1.165) is 60.3 Å². The van der Waals surface area contributed by atoms with Crippen molar-refractivity contribution in [1.29, 1.82) is 10.8 Å². The van der Waals surface area contributed by atoms with Gasteiger partial charge in [-0.25, -0.2) is 0 Å². The van der Waals surface area contributed by atoms with Crippen molar-refractivity contribution in [3.63, 3.8) is 0 Å². The van der Waals surface area contributed by atoms with Crippen LogP contribution in [-0.2, 0) is 0 Å². The fourth-order valence-corrected chi connectivity index (χ4v) is 8.84. The molecule has 6 aromatic rings. The summed E-state index contributed by atoms with van der Waals surface area (Å²) in [6.07, 6.45) is 3.58. The molecule has 1 aliphatic carbocycles. The van der Waals surface area contributed by atoms with Crippen LogP contribution in [0.4, 0.5) is 0 Å². The molecule has 0 saturated heterocycles. The zero-order chi connectivity index (χ0) is 28.7. The molecule has 4 nitrogen and oxygen atoms in total. The van der Waals surface area contributed by atoms with Crippen LogP contribution in [0.25, 0.3) is 39.4 Å². The van der Waals surface area contributed by atoms with Crippen LogP contribution in [0, 0.1) is 10.8 Å². The molecule has 0 amide bonds. The molecule has 0 atom stereocenters. The van der Waals surface area contributed by atoms with E-state index in [1.165, 1.54) is 0 Å². The molecule has 5 heteroatoms. The van der Waals surface area contributed by atoms with Gasteiger partial charge in [-0.2, -0.15) is 0 Å². The van der Waals surface area contributed by atoms with Crippen LogP contribution in [0.15, 0.2) is 140 Å². The van der Waals surface area contributed by atoms with Crippen molar-refractivity contribution in [3.8, 4) is 22.4 Å². The van der Waals surface area contributed by atoms with Crippen LogP contribution in [-0.4, -0.2) is 21.3 Å². The molecule has 0 unspecified atom stereocenters. The number of benzene rings is 5. The van der Waals surface area contributed by atoms with E-state index in [1.54, 1.807) is 6.08 Å². The van der Waals surface area contributed by atoms with Crippen molar-refractivity contribution in [3.05, 3.63) is 151 Å². The molecule has 0 radical (unpaired) electrons. The van der Waals surface area contributed by atoms with Gasteiger partial charge in [0.15, 0.2) is 0 Å². The predicted molar refractivity (Wildman–Crippen MR) is 179 cm³/mol. The molecule has 5 aromatic carbocycles. The Morgan fingerprint density at radius 3 is 1.64 bits per heavy atom. The second kappa shape index (κ2) is 10.4. The molecule has 42 heavy (non-hydrogen) atoms. The molecule has 0 fully saturated rings. The Bertz CT molecular complexity index is 1960. The first-order chi connectivity index (χ1) is 20.5. The molecule has 1 aliphatic rings. The normalized spacial score (nSPS) is 13.3. The minimum absolute atomic E-state index is 0.207. The van der Waals surface area contributed by atoms with E-state index in [9.17, 15) is 4.89 Å². The van der Waals surface area contributed by atoms with Crippen molar-refractivity contribution in [2.75, 3.05) is 0 Å². The minimum Gasteiger partial charge on any atom is -0.298 e. The van der Waals surface area contributed by atoms with Gasteiger partial charge in [-0.05, 0) is 0 Å². The molecule has 0 bridgehead atoms. The molecule has 0 saturated carbocycles. The summed E-state index contributed by atoms with van der Waals surface area (Å²) in [5, 5.41) is 20.6. The monoisotopic (exact) mass is 561 g/mol. The first-order valence-electron chi connectivity index (χ1n) is 13.9. The molecule has 0 spiro atoms. The Labute approximate surface area is 245 Å². The number of hydrogen-bond donors (Lipinski definition) is 3. The summed E-state index contributed by atoms with van der Waals surface area (Å²) in [4.78, 5) is 17.2. The number of nitrogens with one attached hydrogen (secondary N) is 2. The van der Waals surface area contributed by atoms with E-state index in [-0.39, 0.29) is 11.4 Å². The van der Waals surface area contributed by atoms with Gasteiger partial charge in [0.25, 0.3) is 0 Å². The molecule has 7 rings (SSSR count). The quantitative estimate of drug-likeness (QED) is 0.200. The van der Waals surface area contributed by atoms with Gasteiger partial charge < -0.3 is 0 Å². The summed E-state index contributed by atoms with van der Waals surface area (Å²) in [5.74, 6) is 0. The van der Waals surface area contributed by atoms with E-state index in [0.29, 0.717) is 0 Å². The maximum atomic E-state index is 12.3. The van der Waals surface area contributed by atoms with E-state index in [1.807, 2.05) is 91.0 Å². The van der Waals surface area contributed by atoms with E-state index >= 15 is 0 Å². The van der Waals surface area contributed by atoms with Crippen LogP contribution in [0.5, 0.6) is 0 Å². The van der Waals surface area contributed by atoms with Gasteiger partial charge in [0.2, 0.25) is 0 Å². The van der Waals surface area contributed by atoms with Crippen LogP contribution < -0.4 is 15.9 Å². The van der Waals surface area contributed by atoms with Crippen LogP contribution in [0.1, 0.15) is 11.1 Å². The SMILES string of the molecule is N=C1C=Cc2c(-c3ccc(-c4ccc([PH](O)(c5ccccc5)c5ccccc5)cc4)cc3)nc3ccccc3c2C1=N. The number of fused-ring (bicyclic) bond motifs is 3. The third-order valence-corrected chi connectivity index (χ3v) is 11.6. The van der Waals surface area contributed by atoms with Crippen LogP contribution in [0.2, 0.25) is 0 Å². The summed E-state index contributed by atoms with van der Waals surface area (Å²) in [6, 6.07) is 44.4. The van der Waals surface area contributed by atoms with Gasteiger partial charge in [0, 0.05) is 0 Å². The molecule has 3 N–H and O–H groups in total. The number of para-hydroxylation sites is 1. The van der Waals surface area contributed by atoms with Gasteiger partial charge in [-0.1, -0.05) is 18.2 Å².